The Hall–Kier alpha value is -1.78. The van der Waals surface area contributed by atoms with E-state index in [0.717, 1.165) is 21.5 Å². The van der Waals surface area contributed by atoms with Crippen LogP contribution in [0.1, 0.15) is 17.4 Å². The first-order valence-corrected chi connectivity index (χ1v) is 6.62. The van der Waals surface area contributed by atoms with E-state index >= 15 is 0 Å². The van der Waals surface area contributed by atoms with Gasteiger partial charge in [0.05, 0.1) is 16.3 Å². The van der Waals surface area contributed by atoms with Crippen molar-refractivity contribution in [3.8, 4) is 0 Å². The molecule has 3 aromatic rings. The molecule has 0 radical (unpaired) electrons. The van der Waals surface area contributed by atoms with Crippen LogP contribution < -0.4 is 0 Å². The van der Waals surface area contributed by atoms with Gasteiger partial charge in [0.1, 0.15) is 0 Å². The van der Waals surface area contributed by atoms with Gasteiger partial charge in [-0.15, -0.1) is 11.3 Å². The predicted molar refractivity (Wildman–Crippen MR) is 72.5 cm³/mol. The molecular formula is C14H12N2OS. The van der Waals surface area contributed by atoms with Crippen molar-refractivity contribution in [2.45, 2.75) is 12.5 Å². The molecule has 0 aliphatic heterocycles. The van der Waals surface area contributed by atoms with Crippen LogP contribution >= 0.6 is 11.3 Å². The molecule has 18 heavy (non-hydrogen) atoms. The van der Waals surface area contributed by atoms with Gasteiger partial charge in [0.15, 0.2) is 0 Å². The summed E-state index contributed by atoms with van der Waals surface area (Å²) in [6.45, 7) is 0. The first-order valence-electron chi connectivity index (χ1n) is 5.74. The summed E-state index contributed by atoms with van der Waals surface area (Å²) >= 11 is 1.64. The third kappa shape index (κ3) is 2.25. The largest absolute Gasteiger partial charge is 0.388 e. The van der Waals surface area contributed by atoms with E-state index in [2.05, 4.69) is 9.97 Å². The molecule has 0 saturated carbocycles. The summed E-state index contributed by atoms with van der Waals surface area (Å²) in [7, 11) is 0. The topological polar surface area (TPSA) is 46.0 Å². The van der Waals surface area contributed by atoms with E-state index in [1.54, 1.807) is 23.7 Å². The van der Waals surface area contributed by atoms with Gasteiger partial charge in [0.25, 0.3) is 0 Å². The van der Waals surface area contributed by atoms with Crippen LogP contribution in [0.25, 0.3) is 10.2 Å². The van der Waals surface area contributed by atoms with Crippen molar-refractivity contribution in [1.29, 1.82) is 0 Å². The average molecular weight is 256 g/mol. The summed E-state index contributed by atoms with van der Waals surface area (Å²) in [6.07, 6.45) is 3.43. The zero-order chi connectivity index (χ0) is 12.4. The third-order valence-corrected chi connectivity index (χ3v) is 3.69. The molecule has 1 unspecified atom stereocenters. The lowest BCUT2D eigenvalue weighted by atomic mass is 10.1. The fraction of sp³-hybridized carbons (Fsp3) is 0.143. The number of rotatable bonds is 3. The van der Waals surface area contributed by atoms with E-state index < -0.39 is 6.10 Å². The summed E-state index contributed by atoms with van der Waals surface area (Å²) < 4.78 is 1.10. The molecule has 1 N–H and O–H groups in total. The van der Waals surface area contributed by atoms with E-state index in [1.165, 1.54) is 0 Å². The highest BCUT2D eigenvalue weighted by molar-refractivity contribution is 7.17. The SMILES string of the molecule is OC(Cc1ccccn1)c1cnc2ccsc2c1. The second-order valence-electron chi connectivity index (χ2n) is 4.11. The normalized spacial score (nSPS) is 12.7. The summed E-state index contributed by atoms with van der Waals surface area (Å²) in [5, 5.41) is 12.2. The van der Waals surface area contributed by atoms with Gasteiger partial charge >= 0.3 is 0 Å². The number of aromatic nitrogens is 2. The average Bonchev–Trinajstić information content (AvgIpc) is 2.87. The minimum atomic E-state index is -0.557. The maximum atomic E-state index is 10.2. The molecule has 0 bridgehead atoms. The number of pyridine rings is 2. The number of hydrogen-bond acceptors (Lipinski definition) is 4. The van der Waals surface area contributed by atoms with Crippen LogP contribution in [0.3, 0.4) is 0 Å². The summed E-state index contributed by atoms with van der Waals surface area (Å²) in [5.41, 5.74) is 2.71. The lowest BCUT2D eigenvalue weighted by Crippen LogP contribution is -2.03. The maximum absolute atomic E-state index is 10.2. The van der Waals surface area contributed by atoms with E-state index in [-0.39, 0.29) is 0 Å². The van der Waals surface area contributed by atoms with Crippen LogP contribution in [-0.2, 0) is 6.42 Å². The van der Waals surface area contributed by atoms with Gasteiger partial charge in [-0.3, -0.25) is 9.97 Å². The lowest BCUT2D eigenvalue weighted by Gasteiger charge is -2.10. The first kappa shape index (κ1) is 11.3. The van der Waals surface area contributed by atoms with Crippen molar-refractivity contribution in [3.05, 3.63) is 59.4 Å². The van der Waals surface area contributed by atoms with Crippen LogP contribution in [0.4, 0.5) is 0 Å². The molecule has 0 amide bonds. The van der Waals surface area contributed by atoms with Crippen LogP contribution in [0.5, 0.6) is 0 Å². The number of hydrogen-bond donors (Lipinski definition) is 1. The standard InChI is InChI=1S/C14H12N2OS/c17-13(8-11-3-1-2-5-15-11)10-7-14-12(16-9-10)4-6-18-14/h1-7,9,13,17H,8H2. The molecular weight excluding hydrogens is 244 g/mol. The first-order chi connectivity index (χ1) is 8.83. The second-order valence-corrected chi connectivity index (χ2v) is 5.06. The molecule has 0 spiro atoms. The fourth-order valence-corrected chi connectivity index (χ4v) is 2.67. The van der Waals surface area contributed by atoms with Crippen LogP contribution in [0, 0.1) is 0 Å². The molecule has 3 aromatic heterocycles. The Labute approximate surface area is 109 Å². The fourth-order valence-electron chi connectivity index (χ4n) is 1.88. The van der Waals surface area contributed by atoms with Gasteiger partial charge in [-0.1, -0.05) is 6.07 Å². The number of aliphatic hydroxyl groups excluding tert-OH is 1. The molecule has 0 fully saturated rings. The Morgan fingerprint density at radius 1 is 1.22 bits per heavy atom. The molecule has 1 atom stereocenters. The molecule has 3 rings (SSSR count). The number of fused-ring (bicyclic) bond motifs is 1. The van der Waals surface area contributed by atoms with Crippen molar-refractivity contribution >= 4 is 21.6 Å². The van der Waals surface area contributed by atoms with E-state index in [4.69, 9.17) is 0 Å². The van der Waals surface area contributed by atoms with Gasteiger partial charge < -0.3 is 5.11 Å². The van der Waals surface area contributed by atoms with E-state index in [0.29, 0.717) is 6.42 Å². The highest BCUT2D eigenvalue weighted by Gasteiger charge is 2.10. The van der Waals surface area contributed by atoms with E-state index in [9.17, 15) is 5.11 Å². The van der Waals surface area contributed by atoms with Crippen LogP contribution in [-0.4, -0.2) is 15.1 Å². The predicted octanol–water partition coefficient (Wildman–Crippen LogP) is 2.97. The minimum absolute atomic E-state index is 0.513. The molecule has 90 valence electrons. The summed E-state index contributed by atoms with van der Waals surface area (Å²) in [5.74, 6) is 0. The van der Waals surface area contributed by atoms with Crippen molar-refractivity contribution in [3.63, 3.8) is 0 Å². The lowest BCUT2D eigenvalue weighted by molar-refractivity contribution is 0.177. The zero-order valence-electron chi connectivity index (χ0n) is 9.65. The number of nitrogens with zero attached hydrogens (tertiary/aromatic N) is 2. The van der Waals surface area contributed by atoms with Gasteiger partial charge in [-0.25, -0.2) is 0 Å². The minimum Gasteiger partial charge on any atom is -0.388 e. The number of thiophene rings is 1. The maximum Gasteiger partial charge on any atom is 0.0860 e. The van der Waals surface area contributed by atoms with Gasteiger partial charge in [0, 0.05) is 30.1 Å². The van der Waals surface area contributed by atoms with Crippen molar-refractivity contribution in [1.82, 2.24) is 9.97 Å². The van der Waals surface area contributed by atoms with Crippen molar-refractivity contribution < 1.29 is 5.11 Å². The third-order valence-electron chi connectivity index (χ3n) is 2.84. The molecule has 0 saturated heterocycles. The van der Waals surface area contributed by atoms with Gasteiger partial charge in [0.2, 0.25) is 0 Å². The second kappa shape index (κ2) is 4.84. The van der Waals surface area contributed by atoms with Gasteiger partial charge in [-0.2, -0.15) is 0 Å². The Bertz CT molecular complexity index is 651. The molecule has 0 aromatic carbocycles. The highest BCUT2D eigenvalue weighted by atomic mass is 32.1. The van der Waals surface area contributed by atoms with Crippen LogP contribution in [0.2, 0.25) is 0 Å². The molecule has 0 aliphatic carbocycles. The van der Waals surface area contributed by atoms with Crippen molar-refractivity contribution in [2.24, 2.45) is 0 Å². The monoisotopic (exact) mass is 256 g/mol. The number of aliphatic hydroxyl groups is 1. The van der Waals surface area contributed by atoms with Crippen molar-refractivity contribution in [2.75, 3.05) is 0 Å². The Kier molecular flexibility index (Phi) is 3.04. The molecule has 3 heterocycles. The molecule has 0 aliphatic rings. The van der Waals surface area contributed by atoms with Crippen LogP contribution in [0.15, 0.2) is 48.1 Å². The summed E-state index contributed by atoms with van der Waals surface area (Å²) in [4.78, 5) is 8.55. The summed E-state index contributed by atoms with van der Waals surface area (Å²) in [6, 6.07) is 9.70. The highest BCUT2D eigenvalue weighted by Crippen LogP contribution is 2.24. The Morgan fingerprint density at radius 2 is 2.17 bits per heavy atom. The zero-order valence-corrected chi connectivity index (χ0v) is 10.5. The Balaban J connectivity index is 1.85. The molecule has 4 heteroatoms. The molecule has 3 nitrogen and oxygen atoms in total. The quantitative estimate of drug-likeness (QED) is 0.783. The smallest absolute Gasteiger partial charge is 0.0860 e. The van der Waals surface area contributed by atoms with E-state index in [1.807, 2.05) is 35.7 Å². The van der Waals surface area contributed by atoms with Gasteiger partial charge in [-0.05, 0) is 29.6 Å². The Morgan fingerprint density at radius 3 is 3.00 bits per heavy atom.